The molecule has 1 saturated heterocycles. The third kappa shape index (κ3) is 4.16. The molecule has 0 spiro atoms. The molecular weight excluding hydrogens is 242 g/mol. The Morgan fingerprint density at radius 1 is 1.53 bits per heavy atom. The number of carbonyl (C=O) groups excluding carboxylic acids is 1. The van der Waals surface area contributed by atoms with Crippen LogP contribution in [0.4, 0.5) is 0 Å². The van der Waals surface area contributed by atoms with Gasteiger partial charge in [-0.05, 0) is 32.6 Å². The monoisotopic (exact) mass is 269 g/mol. The smallest absolute Gasteiger partial charge is 0.237 e. The van der Waals surface area contributed by atoms with E-state index in [4.69, 9.17) is 10.5 Å². The molecule has 1 saturated carbocycles. The van der Waals surface area contributed by atoms with Crippen molar-refractivity contribution in [1.29, 1.82) is 0 Å². The van der Waals surface area contributed by atoms with E-state index >= 15 is 0 Å². The van der Waals surface area contributed by atoms with Crippen molar-refractivity contribution in [3.8, 4) is 0 Å². The van der Waals surface area contributed by atoms with Gasteiger partial charge in [0, 0.05) is 25.7 Å². The fourth-order valence-corrected chi connectivity index (χ4v) is 2.56. The predicted molar refractivity (Wildman–Crippen MR) is 74.8 cm³/mol. The lowest BCUT2D eigenvalue weighted by Crippen LogP contribution is -2.56. The van der Waals surface area contributed by atoms with Crippen LogP contribution in [0.15, 0.2) is 0 Å². The van der Waals surface area contributed by atoms with Crippen molar-refractivity contribution in [2.75, 3.05) is 26.2 Å². The number of nitrogens with one attached hydrogen (secondary N) is 1. The summed E-state index contributed by atoms with van der Waals surface area (Å²) in [6.45, 7) is 7.70. The second-order valence-electron chi connectivity index (χ2n) is 6.07. The van der Waals surface area contributed by atoms with Gasteiger partial charge in [-0.25, -0.2) is 0 Å². The summed E-state index contributed by atoms with van der Waals surface area (Å²) in [5.41, 5.74) is 5.00. The Morgan fingerprint density at radius 3 is 2.84 bits per heavy atom. The summed E-state index contributed by atoms with van der Waals surface area (Å²) in [4.78, 5) is 14.1. The highest BCUT2D eigenvalue weighted by Gasteiger charge is 2.37. The third-order valence-electron chi connectivity index (χ3n) is 4.25. The number of nitrogens with two attached hydrogens (primary N) is 1. The van der Waals surface area contributed by atoms with Gasteiger partial charge in [-0.3, -0.25) is 9.69 Å². The second kappa shape index (κ2) is 6.20. The number of primary amides is 1. The van der Waals surface area contributed by atoms with Gasteiger partial charge in [0.25, 0.3) is 0 Å². The number of rotatable bonds is 7. The molecule has 1 aliphatic carbocycles. The highest BCUT2D eigenvalue weighted by molar-refractivity contribution is 5.84. The fraction of sp³-hybridized carbons (Fsp3) is 0.929. The maximum absolute atomic E-state index is 11.7. The highest BCUT2D eigenvalue weighted by Crippen LogP contribution is 2.24. The van der Waals surface area contributed by atoms with E-state index in [0.717, 1.165) is 39.1 Å². The first-order valence-corrected chi connectivity index (χ1v) is 7.45. The van der Waals surface area contributed by atoms with Crippen molar-refractivity contribution in [3.05, 3.63) is 0 Å². The number of amides is 1. The second-order valence-corrected chi connectivity index (χ2v) is 6.07. The molecule has 1 aliphatic heterocycles. The van der Waals surface area contributed by atoms with Crippen LogP contribution in [0, 0.1) is 0 Å². The van der Waals surface area contributed by atoms with E-state index in [2.05, 4.69) is 17.1 Å². The zero-order valence-corrected chi connectivity index (χ0v) is 12.2. The normalized spacial score (nSPS) is 28.0. The molecule has 2 fully saturated rings. The summed E-state index contributed by atoms with van der Waals surface area (Å²) in [7, 11) is 0. The number of nitrogens with zero attached hydrogens (tertiary/aromatic N) is 1. The van der Waals surface area contributed by atoms with Gasteiger partial charge in [-0.1, -0.05) is 6.92 Å². The van der Waals surface area contributed by atoms with Crippen LogP contribution in [-0.2, 0) is 9.53 Å². The summed E-state index contributed by atoms with van der Waals surface area (Å²) < 4.78 is 5.66. The lowest BCUT2D eigenvalue weighted by Gasteiger charge is -2.35. The molecule has 0 aromatic rings. The molecular formula is C14H27N3O2. The average molecular weight is 269 g/mol. The van der Waals surface area contributed by atoms with E-state index in [9.17, 15) is 4.79 Å². The van der Waals surface area contributed by atoms with Gasteiger partial charge >= 0.3 is 0 Å². The van der Waals surface area contributed by atoms with Gasteiger partial charge in [-0.2, -0.15) is 0 Å². The number of carbonyl (C=O) groups is 1. The molecule has 1 amide bonds. The SMILES string of the molecule is CCC1CN(CCC(C)(NC2CC2)C(N)=O)CCO1. The lowest BCUT2D eigenvalue weighted by atomic mass is 9.96. The van der Waals surface area contributed by atoms with Crippen molar-refractivity contribution < 1.29 is 9.53 Å². The van der Waals surface area contributed by atoms with Gasteiger partial charge in [0.1, 0.15) is 0 Å². The molecule has 19 heavy (non-hydrogen) atoms. The average Bonchev–Trinajstić information content (AvgIpc) is 3.20. The Bertz CT molecular complexity index is 320. The quantitative estimate of drug-likeness (QED) is 0.705. The molecule has 2 aliphatic rings. The van der Waals surface area contributed by atoms with Gasteiger partial charge in [0.2, 0.25) is 5.91 Å². The first-order valence-electron chi connectivity index (χ1n) is 7.45. The number of hydrogen-bond donors (Lipinski definition) is 2. The molecule has 2 unspecified atom stereocenters. The van der Waals surface area contributed by atoms with E-state index in [1.807, 2.05) is 6.92 Å². The van der Waals surface area contributed by atoms with Crippen LogP contribution in [-0.4, -0.2) is 54.7 Å². The van der Waals surface area contributed by atoms with E-state index in [0.29, 0.717) is 12.1 Å². The van der Waals surface area contributed by atoms with Gasteiger partial charge in [0.05, 0.1) is 18.2 Å². The molecule has 110 valence electrons. The number of morpholine rings is 1. The topological polar surface area (TPSA) is 67.6 Å². The highest BCUT2D eigenvalue weighted by atomic mass is 16.5. The van der Waals surface area contributed by atoms with E-state index in [-0.39, 0.29) is 5.91 Å². The third-order valence-corrected chi connectivity index (χ3v) is 4.25. The number of hydrogen-bond acceptors (Lipinski definition) is 4. The van der Waals surface area contributed by atoms with Crippen LogP contribution in [0.2, 0.25) is 0 Å². The zero-order valence-electron chi connectivity index (χ0n) is 12.2. The van der Waals surface area contributed by atoms with Crippen LogP contribution < -0.4 is 11.1 Å². The summed E-state index contributed by atoms with van der Waals surface area (Å²) in [5, 5.41) is 3.40. The van der Waals surface area contributed by atoms with Crippen molar-refractivity contribution >= 4 is 5.91 Å². The van der Waals surface area contributed by atoms with Crippen LogP contribution in [0.5, 0.6) is 0 Å². The minimum atomic E-state index is -0.568. The predicted octanol–water partition coefficient (Wildman–Crippen LogP) is 0.483. The Hall–Kier alpha value is -0.650. The molecule has 2 atom stereocenters. The zero-order chi connectivity index (χ0) is 13.9. The van der Waals surface area contributed by atoms with E-state index in [1.54, 1.807) is 0 Å². The lowest BCUT2D eigenvalue weighted by molar-refractivity contribution is -0.124. The van der Waals surface area contributed by atoms with E-state index < -0.39 is 5.54 Å². The minimum absolute atomic E-state index is 0.236. The molecule has 0 aromatic heterocycles. The van der Waals surface area contributed by atoms with Crippen LogP contribution >= 0.6 is 0 Å². The molecule has 0 aromatic carbocycles. The van der Waals surface area contributed by atoms with Crippen LogP contribution in [0.1, 0.15) is 39.5 Å². The van der Waals surface area contributed by atoms with Crippen molar-refractivity contribution in [3.63, 3.8) is 0 Å². The summed E-state index contributed by atoms with van der Waals surface area (Å²) in [5.74, 6) is -0.236. The van der Waals surface area contributed by atoms with Gasteiger partial charge in [0.15, 0.2) is 0 Å². The minimum Gasteiger partial charge on any atom is -0.376 e. The maximum atomic E-state index is 11.7. The first kappa shape index (κ1) is 14.8. The molecule has 5 heteroatoms. The Kier molecular flexibility index (Phi) is 4.81. The van der Waals surface area contributed by atoms with E-state index in [1.165, 1.54) is 12.8 Å². The van der Waals surface area contributed by atoms with Crippen molar-refractivity contribution in [2.24, 2.45) is 5.73 Å². The fourth-order valence-electron chi connectivity index (χ4n) is 2.56. The first-order chi connectivity index (χ1) is 9.03. The van der Waals surface area contributed by atoms with Gasteiger partial charge < -0.3 is 15.8 Å². The van der Waals surface area contributed by atoms with Crippen molar-refractivity contribution in [1.82, 2.24) is 10.2 Å². The summed E-state index contributed by atoms with van der Waals surface area (Å²) in [6.07, 6.45) is 4.49. The molecule has 3 N–H and O–H groups in total. The molecule has 0 bridgehead atoms. The standard InChI is InChI=1S/C14H27N3O2/c1-3-12-10-17(8-9-19-12)7-6-14(2,13(15)18)16-11-4-5-11/h11-12,16H,3-10H2,1-2H3,(H2,15,18). The Morgan fingerprint density at radius 2 is 2.26 bits per heavy atom. The summed E-state index contributed by atoms with van der Waals surface area (Å²) in [6, 6.07) is 0.491. The molecule has 2 rings (SSSR count). The van der Waals surface area contributed by atoms with Crippen LogP contribution in [0.25, 0.3) is 0 Å². The van der Waals surface area contributed by atoms with Gasteiger partial charge in [-0.15, -0.1) is 0 Å². The number of ether oxygens (including phenoxy) is 1. The Labute approximate surface area is 115 Å². The molecule has 1 heterocycles. The van der Waals surface area contributed by atoms with Crippen LogP contribution in [0.3, 0.4) is 0 Å². The molecule has 5 nitrogen and oxygen atoms in total. The Balaban J connectivity index is 1.82. The van der Waals surface area contributed by atoms with Crippen molar-refractivity contribution in [2.45, 2.75) is 57.2 Å². The maximum Gasteiger partial charge on any atom is 0.237 e. The summed E-state index contributed by atoms with van der Waals surface area (Å²) >= 11 is 0. The largest absolute Gasteiger partial charge is 0.376 e. The molecule has 0 radical (unpaired) electrons.